The van der Waals surface area contributed by atoms with Gasteiger partial charge in [0, 0.05) is 76.7 Å². The molecule has 0 bridgehead atoms. The molecule has 0 spiro atoms. The number of nitrogens with zero attached hydrogens (tertiary/aromatic N) is 2. The van der Waals surface area contributed by atoms with Crippen molar-refractivity contribution in [1.29, 1.82) is 0 Å². The molecule has 0 N–H and O–H groups in total. The summed E-state index contributed by atoms with van der Waals surface area (Å²) < 4.78 is 0. The zero-order valence-electron chi connectivity index (χ0n) is 64.9. The number of hydrogen-bond donors (Lipinski definition) is 0. The molecule has 0 heterocycles. The summed E-state index contributed by atoms with van der Waals surface area (Å²) >= 11 is 7.51. The Morgan fingerprint density at radius 1 is 0.241 bits per heavy atom. The highest BCUT2D eigenvalue weighted by Crippen LogP contribution is 2.60. The molecule has 0 saturated heterocycles. The lowest BCUT2D eigenvalue weighted by Gasteiger charge is -2.35. The zero-order chi connectivity index (χ0) is 78.4. The third kappa shape index (κ3) is 14.8. The van der Waals surface area contributed by atoms with Crippen LogP contribution in [0.2, 0.25) is 0 Å². The van der Waals surface area contributed by atoms with Crippen molar-refractivity contribution in [3.05, 3.63) is 497 Å². The fourth-order valence-corrected chi connectivity index (χ4v) is 20.5. The van der Waals surface area contributed by atoms with Gasteiger partial charge in [-0.15, -0.1) is 47.0 Å². The van der Waals surface area contributed by atoms with E-state index >= 15 is 0 Å². The van der Waals surface area contributed by atoms with Crippen LogP contribution >= 0.6 is 47.0 Å². The van der Waals surface area contributed by atoms with E-state index < -0.39 is 10.8 Å². The highest BCUT2D eigenvalue weighted by Gasteiger charge is 2.48. The van der Waals surface area contributed by atoms with Gasteiger partial charge in [-0.1, -0.05) is 312 Å². The Bertz CT molecular complexity index is 6050. The summed E-state index contributed by atoms with van der Waals surface area (Å²) in [7, 11) is 0. The maximum Gasteiger partial charge on any atom is 0.0714 e. The van der Waals surface area contributed by atoms with Crippen LogP contribution in [-0.4, -0.2) is 0 Å². The van der Waals surface area contributed by atoms with E-state index in [0.717, 1.165) is 91.4 Å². The fourth-order valence-electron chi connectivity index (χ4n) is 17.0. The quantitative estimate of drug-likeness (QED) is 0.0470. The number of thioether (sulfide) groups is 4. The van der Waals surface area contributed by atoms with Crippen LogP contribution in [0.3, 0.4) is 0 Å². The second-order valence-electron chi connectivity index (χ2n) is 29.7. The van der Waals surface area contributed by atoms with E-state index in [1.54, 1.807) is 0 Å². The van der Waals surface area contributed by atoms with Crippen molar-refractivity contribution in [3.8, 4) is 33.4 Å². The number of rotatable bonds is 27. The Hall–Kier alpha value is -12.3. The van der Waals surface area contributed by atoms with Gasteiger partial charge in [0.2, 0.25) is 0 Å². The molecule has 116 heavy (non-hydrogen) atoms. The van der Waals surface area contributed by atoms with E-state index in [2.05, 4.69) is 425 Å². The van der Waals surface area contributed by atoms with Crippen molar-refractivity contribution in [1.82, 2.24) is 0 Å². The van der Waals surface area contributed by atoms with Gasteiger partial charge in [0.05, 0.1) is 10.8 Å². The summed E-state index contributed by atoms with van der Waals surface area (Å²) in [6.45, 7) is 14.1. The van der Waals surface area contributed by atoms with E-state index in [-0.39, 0.29) is 0 Å². The first kappa shape index (κ1) is 75.1. The summed E-state index contributed by atoms with van der Waals surface area (Å²) in [5.41, 5.74) is 32.3. The second kappa shape index (κ2) is 33.7. The van der Waals surface area contributed by atoms with Gasteiger partial charge < -0.3 is 9.80 Å². The minimum absolute atomic E-state index is 0.643. The average molecular weight is 1560 g/mol. The normalized spacial score (nSPS) is 13.4. The van der Waals surface area contributed by atoms with Crippen LogP contribution in [0.5, 0.6) is 0 Å². The standard InChI is InChI=1S/C110H86N2S4/c1-5-77-27-35-81(36-28-77)73-113-97-61-47-87(48-62-97)109(88-49-63-98(64-50-88)114-74-82-37-29-78(6-2)30-38-82)105-25-17-15-23-101(105)103-69-59-95(71-107(103)109)111(91-19-11-9-12-20-91)93-55-43-85(44-56-93)86-45-57-94(58-46-86)112(92-21-13-10-14-22-92)96-60-70-104-102-24-16-18-26-106(102)110(108(104)72-96,89-51-65-99(66-52-89)115-75-83-39-31-79(7-3)32-40-83)90-53-67-100(68-54-90)116-76-84-41-33-80(8-4)34-42-84/h5-7,9-72H,1-3,8,73-76H2,4H3. The van der Waals surface area contributed by atoms with Gasteiger partial charge in [0.15, 0.2) is 0 Å². The highest BCUT2D eigenvalue weighted by atomic mass is 32.2. The predicted octanol–water partition coefficient (Wildman–Crippen LogP) is 30.7. The molecule has 560 valence electrons. The number of fused-ring (bicyclic) bond motifs is 6. The van der Waals surface area contributed by atoms with Crippen LogP contribution in [0.25, 0.3) is 51.6 Å². The largest absolute Gasteiger partial charge is 0.310 e. The van der Waals surface area contributed by atoms with Gasteiger partial charge in [0.1, 0.15) is 0 Å². The van der Waals surface area contributed by atoms with Crippen LogP contribution in [0, 0.1) is 0 Å². The lowest BCUT2D eigenvalue weighted by atomic mass is 9.67. The van der Waals surface area contributed by atoms with Crippen LogP contribution < -0.4 is 9.80 Å². The minimum atomic E-state index is -0.650. The molecular formula is C110H86N2S4. The first-order valence-corrected chi connectivity index (χ1v) is 43.7. The molecule has 2 aliphatic rings. The molecule has 2 nitrogen and oxygen atoms in total. The monoisotopic (exact) mass is 1560 g/mol. The molecule has 1 unspecified atom stereocenters. The Morgan fingerprint density at radius 2 is 0.500 bits per heavy atom. The first-order chi connectivity index (χ1) is 57.2. The minimum Gasteiger partial charge on any atom is -0.310 e. The van der Waals surface area contributed by atoms with Crippen LogP contribution in [-0.2, 0) is 40.3 Å². The third-order valence-electron chi connectivity index (χ3n) is 23.0. The molecule has 0 aliphatic heterocycles. The summed E-state index contributed by atoms with van der Waals surface area (Å²) in [6.07, 6.45) is 6.75. The molecule has 1 atom stereocenters. The molecule has 0 amide bonds. The molecule has 6 heteroatoms. The summed E-state index contributed by atoms with van der Waals surface area (Å²) in [5, 5.41) is 0. The van der Waals surface area contributed by atoms with Crippen molar-refractivity contribution in [2.45, 2.75) is 66.8 Å². The van der Waals surface area contributed by atoms with Gasteiger partial charge in [-0.25, -0.2) is 0 Å². The van der Waals surface area contributed by atoms with E-state index in [4.69, 9.17) is 0 Å². The Labute approximate surface area is 700 Å². The van der Waals surface area contributed by atoms with Gasteiger partial charge in [-0.2, -0.15) is 0 Å². The molecule has 16 aromatic rings. The maximum atomic E-state index is 3.98. The maximum absolute atomic E-state index is 3.98. The fraction of sp³-hybridized carbons (Fsp3) is 0.0727. The summed E-state index contributed by atoms with van der Waals surface area (Å²) in [5.74, 6) is 3.53. The molecule has 0 radical (unpaired) electrons. The number of anilines is 6. The Kier molecular flexibility index (Phi) is 21.8. The van der Waals surface area contributed by atoms with Crippen LogP contribution in [0.1, 0.15) is 95.9 Å². The Morgan fingerprint density at radius 3 is 0.802 bits per heavy atom. The Balaban J connectivity index is 0.686. The molecule has 2 aliphatic carbocycles. The molecule has 0 saturated carbocycles. The van der Waals surface area contributed by atoms with Crippen LogP contribution in [0.4, 0.5) is 34.1 Å². The average Bonchev–Trinajstić information content (AvgIpc) is 1.54. The van der Waals surface area contributed by atoms with Gasteiger partial charge in [-0.05, 0) is 250 Å². The first-order valence-electron chi connectivity index (χ1n) is 39.8. The smallest absolute Gasteiger partial charge is 0.0714 e. The molecule has 0 aromatic heterocycles. The lowest BCUT2D eigenvalue weighted by molar-refractivity contribution is 0.766. The molecule has 0 fully saturated rings. The van der Waals surface area contributed by atoms with E-state index in [9.17, 15) is 0 Å². The third-order valence-corrected chi connectivity index (χ3v) is 27.4. The van der Waals surface area contributed by atoms with E-state index in [1.807, 2.05) is 65.3 Å². The van der Waals surface area contributed by atoms with Gasteiger partial charge >= 0.3 is 0 Å². The number of para-hydroxylation sites is 2. The zero-order valence-corrected chi connectivity index (χ0v) is 68.1. The summed E-state index contributed by atoms with van der Waals surface area (Å²) in [6, 6.07) is 146. The molecule has 16 aromatic carbocycles. The van der Waals surface area contributed by atoms with Gasteiger partial charge in [0.25, 0.3) is 0 Å². The van der Waals surface area contributed by atoms with Crippen molar-refractivity contribution in [3.63, 3.8) is 0 Å². The van der Waals surface area contributed by atoms with E-state index in [1.165, 1.54) is 114 Å². The SMILES string of the molecule is C=Cc1ccc(CSc2ccc(C3(c4ccc(SCc5ccc(C=C)cc5)cc4)c4ccccc4-c4ccc(N(c5ccccc5)c5ccc(-c6ccc(N(c7ccccc7)c7ccc8c(c7)C(c7ccc(SCc9ccc(C=C)cc9)cc7)(c7ccc(SCc9ccc(CC)cc9)cc7)c7ccccc7-8)cc6)cc5)cc43)cc2)cc1. The van der Waals surface area contributed by atoms with Gasteiger partial charge in [-0.3, -0.25) is 0 Å². The summed E-state index contributed by atoms with van der Waals surface area (Å²) in [4.78, 5) is 9.79. The van der Waals surface area contributed by atoms with Crippen molar-refractivity contribution in [2.24, 2.45) is 0 Å². The van der Waals surface area contributed by atoms with E-state index in [0.29, 0.717) is 0 Å². The highest BCUT2D eigenvalue weighted by molar-refractivity contribution is 7.99. The second-order valence-corrected chi connectivity index (χ2v) is 33.9. The number of benzene rings is 16. The number of hydrogen-bond acceptors (Lipinski definition) is 6. The lowest BCUT2D eigenvalue weighted by Crippen LogP contribution is -2.28. The van der Waals surface area contributed by atoms with Crippen LogP contribution in [0.15, 0.2) is 428 Å². The number of aryl methyl sites for hydroxylation is 1. The van der Waals surface area contributed by atoms with Crippen molar-refractivity contribution in [2.75, 3.05) is 9.80 Å². The van der Waals surface area contributed by atoms with Crippen molar-refractivity contribution < 1.29 is 0 Å². The van der Waals surface area contributed by atoms with Crippen molar-refractivity contribution >= 4 is 99.4 Å². The predicted molar refractivity (Wildman–Crippen MR) is 500 cm³/mol. The topological polar surface area (TPSA) is 6.48 Å². The molecule has 18 rings (SSSR count). The molecular weight excluding hydrogens is 1480 g/mol.